The van der Waals surface area contributed by atoms with Crippen LogP contribution >= 0.6 is 0 Å². The summed E-state index contributed by atoms with van der Waals surface area (Å²) in [6.07, 6.45) is 3.41. The number of aromatic nitrogens is 3. The average molecular weight is 317 g/mol. The van der Waals surface area contributed by atoms with Gasteiger partial charge in [0.1, 0.15) is 5.82 Å². The molecule has 23 heavy (non-hydrogen) atoms. The second-order valence-electron chi connectivity index (χ2n) is 5.90. The van der Waals surface area contributed by atoms with Crippen LogP contribution in [0.2, 0.25) is 0 Å². The van der Waals surface area contributed by atoms with Crippen LogP contribution in [-0.2, 0) is 18.4 Å². The normalized spacial score (nSPS) is 16.4. The lowest BCUT2D eigenvalue weighted by Gasteiger charge is -2.31. The van der Waals surface area contributed by atoms with Gasteiger partial charge in [-0.15, -0.1) is 5.10 Å². The van der Waals surface area contributed by atoms with Crippen molar-refractivity contribution in [1.82, 2.24) is 19.9 Å². The number of benzene rings is 1. The van der Waals surface area contributed by atoms with E-state index in [2.05, 4.69) is 20.5 Å². The van der Waals surface area contributed by atoms with E-state index in [4.69, 9.17) is 0 Å². The fourth-order valence-electron chi connectivity index (χ4n) is 2.81. The Morgan fingerprint density at radius 3 is 2.61 bits per heavy atom. The molecule has 0 spiro atoms. The number of anilines is 1. The summed E-state index contributed by atoms with van der Waals surface area (Å²) in [6, 6.07) is 5.86. The van der Waals surface area contributed by atoms with Gasteiger partial charge in [0.25, 0.3) is 0 Å². The maximum Gasteiger partial charge on any atom is 0.227 e. The van der Waals surface area contributed by atoms with Crippen molar-refractivity contribution < 1.29 is 9.18 Å². The molecule has 6 nitrogen and oxygen atoms in total. The number of hydrogen-bond acceptors (Lipinski definition) is 4. The second kappa shape index (κ2) is 6.87. The zero-order chi connectivity index (χ0) is 16.2. The first-order chi connectivity index (χ1) is 11.1. The van der Waals surface area contributed by atoms with Gasteiger partial charge in [-0.1, -0.05) is 5.21 Å². The standard InChI is InChI=1S/C16H20FN5O/c1-21-15(10-18-20-21)11-22-8-6-12(7-9-22)16(23)19-14-4-2-13(17)3-5-14/h2-5,10,12H,6-9,11H2,1H3,(H,19,23). The number of carbonyl (C=O) groups is 1. The molecule has 1 N–H and O–H groups in total. The highest BCUT2D eigenvalue weighted by atomic mass is 19.1. The molecule has 1 aromatic heterocycles. The summed E-state index contributed by atoms with van der Waals surface area (Å²) in [4.78, 5) is 14.6. The zero-order valence-electron chi connectivity index (χ0n) is 13.1. The molecule has 2 aromatic rings. The minimum absolute atomic E-state index is 0.000894. The summed E-state index contributed by atoms with van der Waals surface area (Å²) in [5, 5.41) is 10.7. The maximum atomic E-state index is 12.9. The fraction of sp³-hybridized carbons (Fsp3) is 0.438. The molecular formula is C16H20FN5O. The van der Waals surface area contributed by atoms with E-state index >= 15 is 0 Å². The molecule has 1 saturated heterocycles. The van der Waals surface area contributed by atoms with Gasteiger partial charge in [-0.05, 0) is 50.2 Å². The maximum absolute atomic E-state index is 12.9. The minimum atomic E-state index is -0.305. The molecule has 2 heterocycles. The molecule has 0 aliphatic carbocycles. The van der Waals surface area contributed by atoms with Gasteiger partial charge in [-0.2, -0.15) is 0 Å². The number of nitrogens with one attached hydrogen (secondary N) is 1. The Balaban J connectivity index is 1.49. The smallest absolute Gasteiger partial charge is 0.227 e. The summed E-state index contributed by atoms with van der Waals surface area (Å²) < 4.78 is 14.6. The SMILES string of the molecule is Cn1nncc1CN1CCC(C(=O)Nc2ccc(F)cc2)CC1. The third-order valence-electron chi connectivity index (χ3n) is 4.26. The van der Waals surface area contributed by atoms with Crippen LogP contribution in [-0.4, -0.2) is 38.9 Å². The Bertz CT molecular complexity index is 661. The topological polar surface area (TPSA) is 63.1 Å². The van der Waals surface area contributed by atoms with Crippen LogP contribution in [0, 0.1) is 11.7 Å². The van der Waals surface area contributed by atoms with Crippen LogP contribution in [0.25, 0.3) is 0 Å². The highest BCUT2D eigenvalue weighted by Crippen LogP contribution is 2.21. The van der Waals surface area contributed by atoms with Gasteiger partial charge in [0.2, 0.25) is 5.91 Å². The molecule has 1 amide bonds. The van der Waals surface area contributed by atoms with E-state index in [0.717, 1.165) is 38.2 Å². The number of hydrogen-bond donors (Lipinski definition) is 1. The number of carbonyl (C=O) groups excluding carboxylic acids is 1. The summed E-state index contributed by atoms with van der Waals surface area (Å²) in [5.41, 5.74) is 1.71. The first-order valence-corrected chi connectivity index (χ1v) is 7.74. The van der Waals surface area contributed by atoms with Gasteiger partial charge in [0, 0.05) is 25.2 Å². The predicted molar refractivity (Wildman–Crippen MR) is 84.0 cm³/mol. The van der Waals surface area contributed by atoms with Gasteiger partial charge in [0.15, 0.2) is 0 Å². The number of nitrogens with zero attached hydrogens (tertiary/aromatic N) is 4. The molecule has 3 rings (SSSR count). The van der Waals surface area contributed by atoms with E-state index in [9.17, 15) is 9.18 Å². The molecule has 122 valence electrons. The molecule has 0 unspecified atom stereocenters. The van der Waals surface area contributed by atoms with Gasteiger partial charge >= 0.3 is 0 Å². The van der Waals surface area contributed by atoms with Crippen LogP contribution in [0.3, 0.4) is 0 Å². The lowest BCUT2D eigenvalue weighted by molar-refractivity contribution is -0.121. The third-order valence-corrected chi connectivity index (χ3v) is 4.26. The highest BCUT2D eigenvalue weighted by molar-refractivity contribution is 5.92. The number of aryl methyl sites for hydroxylation is 1. The van der Waals surface area contributed by atoms with E-state index in [1.54, 1.807) is 23.0 Å². The largest absolute Gasteiger partial charge is 0.326 e. The van der Waals surface area contributed by atoms with Crippen molar-refractivity contribution in [3.63, 3.8) is 0 Å². The summed E-state index contributed by atoms with van der Waals surface area (Å²) in [6.45, 7) is 2.54. The molecule has 0 bridgehead atoms. The fourth-order valence-corrected chi connectivity index (χ4v) is 2.81. The Morgan fingerprint density at radius 2 is 2.00 bits per heavy atom. The lowest BCUT2D eigenvalue weighted by atomic mass is 9.95. The molecule has 0 saturated carbocycles. The van der Waals surface area contributed by atoms with Crippen LogP contribution in [0.15, 0.2) is 30.5 Å². The number of piperidine rings is 1. The summed E-state index contributed by atoms with van der Waals surface area (Å²) >= 11 is 0. The Morgan fingerprint density at radius 1 is 1.30 bits per heavy atom. The predicted octanol–water partition coefficient (Wildman–Crippen LogP) is 1.80. The Kier molecular flexibility index (Phi) is 4.66. The number of amides is 1. The van der Waals surface area contributed by atoms with Crippen molar-refractivity contribution in [2.75, 3.05) is 18.4 Å². The van der Waals surface area contributed by atoms with Crippen LogP contribution in [0.1, 0.15) is 18.5 Å². The summed E-state index contributed by atoms with van der Waals surface area (Å²) in [7, 11) is 1.88. The number of halogens is 1. The molecule has 1 aliphatic heterocycles. The van der Waals surface area contributed by atoms with E-state index in [-0.39, 0.29) is 17.6 Å². The van der Waals surface area contributed by atoms with Crippen LogP contribution in [0.5, 0.6) is 0 Å². The van der Waals surface area contributed by atoms with Crippen molar-refractivity contribution in [3.05, 3.63) is 42.0 Å². The monoisotopic (exact) mass is 317 g/mol. The van der Waals surface area contributed by atoms with Crippen LogP contribution in [0.4, 0.5) is 10.1 Å². The highest BCUT2D eigenvalue weighted by Gasteiger charge is 2.25. The van der Waals surface area contributed by atoms with Crippen molar-refractivity contribution in [3.8, 4) is 0 Å². The summed E-state index contributed by atoms with van der Waals surface area (Å²) in [5.74, 6) is -0.291. The second-order valence-corrected chi connectivity index (χ2v) is 5.90. The number of likely N-dealkylation sites (tertiary alicyclic amines) is 1. The van der Waals surface area contributed by atoms with Crippen LogP contribution < -0.4 is 5.32 Å². The molecule has 0 atom stereocenters. The molecular weight excluding hydrogens is 297 g/mol. The first kappa shape index (κ1) is 15.6. The van der Waals surface area contributed by atoms with Crippen molar-refractivity contribution in [2.45, 2.75) is 19.4 Å². The number of rotatable bonds is 4. The molecule has 1 aliphatic rings. The Hall–Kier alpha value is -2.28. The van der Waals surface area contributed by atoms with E-state index in [0.29, 0.717) is 5.69 Å². The van der Waals surface area contributed by atoms with Crippen molar-refractivity contribution >= 4 is 11.6 Å². The van der Waals surface area contributed by atoms with E-state index < -0.39 is 0 Å². The lowest BCUT2D eigenvalue weighted by Crippen LogP contribution is -2.38. The van der Waals surface area contributed by atoms with Crippen molar-refractivity contribution in [1.29, 1.82) is 0 Å². The van der Waals surface area contributed by atoms with Gasteiger partial charge in [-0.3, -0.25) is 14.4 Å². The minimum Gasteiger partial charge on any atom is -0.326 e. The third kappa shape index (κ3) is 3.92. The van der Waals surface area contributed by atoms with Crippen molar-refractivity contribution in [2.24, 2.45) is 13.0 Å². The molecule has 1 fully saturated rings. The Labute approximate surface area is 134 Å². The van der Waals surface area contributed by atoms with Gasteiger partial charge < -0.3 is 5.32 Å². The van der Waals surface area contributed by atoms with Gasteiger partial charge in [0.05, 0.1) is 11.9 Å². The van der Waals surface area contributed by atoms with E-state index in [1.807, 2.05) is 7.05 Å². The molecule has 0 radical (unpaired) electrons. The average Bonchev–Trinajstić information content (AvgIpc) is 2.95. The quantitative estimate of drug-likeness (QED) is 0.934. The van der Waals surface area contributed by atoms with E-state index in [1.165, 1.54) is 12.1 Å². The molecule has 1 aromatic carbocycles. The zero-order valence-corrected chi connectivity index (χ0v) is 13.1. The molecule has 7 heteroatoms. The first-order valence-electron chi connectivity index (χ1n) is 7.74. The van der Waals surface area contributed by atoms with Gasteiger partial charge in [-0.25, -0.2) is 4.39 Å².